The second-order valence-corrected chi connectivity index (χ2v) is 7.28. The summed E-state index contributed by atoms with van der Waals surface area (Å²) in [5, 5.41) is 7.58. The van der Waals surface area contributed by atoms with Gasteiger partial charge in [-0.15, -0.1) is 0 Å². The topological polar surface area (TPSA) is 79.7 Å². The summed E-state index contributed by atoms with van der Waals surface area (Å²) >= 11 is 0. The molecule has 1 N–H and O–H groups in total. The van der Waals surface area contributed by atoms with E-state index in [0.29, 0.717) is 38.1 Å². The zero-order valence-electron chi connectivity index (χ0n) is 15.9. The number of anilines is 1. The molecule has 0 radical (unpaired) electrons. The van der Waals surface area contributed by atoms with Gasteiger partial charge in [0.05, 0.1) is 11.7 Å². The SMILES string of the molecule is COCC(=O)N1CCCN(C(=O)Nc2cc(C)nn2[C@@H](C)C2CC2)CC1. The highest BCUT2D eigenvalue weighted by atomic mass is 16.5. The second kappa shape index (κ2) is 8.07. The van der Waals surface area contributed by atoms with Gasteiger partial charge in [-0.05, 0) is 39.0 Å². The standard InChI is InChI=1S/C18H29N5O3/c1-13-11-16(23(20-13)14(2)15-5-6-15)19-18(25)22-8-4-7-21(9-10-22)17(24)12-26-3/h11,14-15H,4-10,12H2,1-3H3,(H,19,25)/t14-/m0/s1. The van der Waals surface area contributed by atoms with Crippen LogP contribution in [0.5, 0.6) is 0 Å². The molecule has 1 aliphatic carbocycles. The molecule has 26 heavy (non-hydrogen) atoms. The average molecular weight is 363 g/mol. The van der Waals surface area contributed by atoms with Crippen molar-refractivity contribution in [2.24, 2.45) is 5.92 Å². The molecule has 8 nitrogen and oxygen atoms in total. The number of carbonyl (C=O) groups is 2. The Morgan fingerprint density at radius 1 is 1.27 bits per heavy atom. The Morgan fingerprint density at radius 2 is 1.96 bits per heavy atom. The summed E-state index contributed by atoms with van der Waals surface area (Å²) in [5.74, 6) is 1.38. The highest BCUT2D eigenvalue weighted by molar-refractivity contribution is 5.88. The van der Waals surface area contributed by atoms with Crippen molar-refractivity contribution in [3.8, 4) is 0 Å². The Morgan fingerprint density at radius 3 is 2.65 bits per heavy atom. The van der Waals surface area contributed by atoms with Crippen molar-refractivity contribution in [1.29, 1.82) is 0 Å². The third-order valence-electron chi connectivity index (χ3n) is 5.19. The minimum atomic E-state index is -0.129. The van der Waals surface area contributed by atoms with Gasteiger partial charge in [-0.25, -0.2) is 9.48 Å². The lowest BCUT2D eigenvalue weighted by Crippen LogP contribution is -2.40. The maximum atomic E-state index is 12.7. The Bertz CT molecular complexity index is 655. The van der Waals surface area contributed by atoms with E-state index in [0.717, 1.165) is 17.9 Å². The first-order valence-electron chi connectivity index (χ1n) is 9.38. The Labute approximate surface area is 154 Å². The fourth-order valence-corrected chi connectivity index (χ4v) is 3.47. The van der Waals surface area contributed by atoms with E-state index in [-0.39, 0.29) is 18.5 Å². The normalized spacial score (nSPS) is 19.2. The summed E-state index contributed by atoms with van der Waals surface area (Å²) in [4.78, 5) is 28.3. The van der Waals surface area contributed by atoms with Gasteiger partial charge in [0.2, 0.25) is 5.91 Å². The lowest BCUT2D eigenvalue weighted by atomic mass is 10.2. The first-order valence-corrected chi connectivity index (χ1v) is 9.38. The molecule has 0 spiro atoms. The zero-order valence-corrected chi connectivity index (χ0v) is 15.9. The fraction of sp³-hybridized carbons (Fsp3) is 0.722. The number of nitrogens with one attached hydrogen (secondary N) is 1. The third kappa shape index (κ3) is 4.35. The van der Waals surface area contributed by atoms with Crippen LogP contribution in [0.1, 0.15) is 37.9 Å². The summed E-state index contributed by atoms with van der Waals surface area (Å²) in [7, 11) is 1.52. The van der Waals surface area contributed by atoms with E-state index >= 15 is 0 Å². The van der Waals surface area contributed by atoms with Gasteiger partial charge in [-0.1, -0.05) is 0 Å². The molecule has 0 unspecified atom stereocenters. The summed E-state index contributed by atoms with van der Waals surface area (Å²) in [6.45, 7) is 6.53. The highest BCUT2D eigenvalue weighted by Gasteiger charge is 2.31. The molecule has 1 aliphatic heterocycles. The number of hydrogen-bond acceptors (Lipinski definition) is 4. The fourth-order valence-electron chi connectivity index (χ4n) is 3.47. The van der Waals surface area contributed by atoms with Gasteiger partial charge in [-0.3, -0.25) is 10.1 Å². The molecule has 1 saturated heterocycles. The van der Waals surface area contributed by atoms with E-state index in [1.807, 2.05) is 17.7 Å². The highest BCUT2D eigenvalue weighted by Crippen LogP contribution is 2.40. The summed E-state index contributed by atoms with van der Waals surface area (Å²) in [5.41, 5.74) is 0.903. The maximum absolute atomic E-state index is 12.7. The van der Waals surface area contributed by atoms with Crippen LogP contribution in [0.15, 0.2) is 6.07 Å². The van der Waals surface area contributed by atoms with Gasteiger partial charge >= 0.3 is 6.03 Å². The number of nitrogens with zero attached hydrogens (tertiary/aromatic N) is 4. The number of amides is 3. The van der Waals surface area contributed by atoms with E-state index in [9.17, 15) is 9.59 Å². The van der Waals surface area contributed by atoms with Crippen molar-refractivity contribution in [3.63, 3.8) is 0 Å². The first kappa shape index (κ1) is 18.7. The number of aryl methyl sites for hydroxylation is 1. The van der Waals surface area contributed by atoms with Gasteiger partial charge in [0, 0.05) is 39.4 Å². The number of carbonyl (C=O) groups excluding carboxylic acids is 2. The van der Waals surface area contributed by atoms with Crippen LogP contribution in [0.3, 0.4) is 0 Å². The number of rotatable bonds is 5. The predicted octanol–water partition coefficient (Wildman–Crippen LogP) is 1.88. The lowest BCUT2D eigenvalue weighted by Gasteiger charge is -2.23. The number of ether oxygens (including phenoxy) is 1. The van der Waals surface area contributed by atoms with Crippen LogP contribution in [0.25, 0.3) is 0 Å². The molecule has 2 fully saturated rings. The number of hydrogen-bond donors (Lipinski definition) is 1. The van der Waals surface area contributed by atoms with E-state index < -0.39 is 0 Å². The van der Waals surface area contributed by atoms with E-state index in [2.05, 4.69) is 17.3 Å². The molecule has 1 saturated carbocycles. The number of methoxy groups -OCH3 is 1. The average Bonchev–Trinajstić information content (AvgIpc) is 3.41. The molecule has 3 amide bonds. The van der Waals surface area contributed by atoms with Crippen molar-refractivity contribution in [2.45, 2.75) is 39.2 Å². The quantitative estimate of drug-likeness (QED) is 0.866. The molecule has 3 rings (SSSR count). The molecule has 2 heterocycles. The van der Waals surface area contributed by atoms with Crippen LogP contribution < -0.4 is 5.32 Å². The Hall–Kier alpha value is -2.09. The van der Waals surface area contributed by atoms with Crippen molar-refractivity contribution in [1.82, 2.24) is 19.6 Å². The van der Waals surface area contributed by atoms with Crippen molar-refractivity contribution < 1.29 is 14.3 Å². The van der Waals surface area contributed by atoms with Crippen LogP contribution in [0.4, 0.5) is 10.6 Å². The predicted molar refractivity (Wildman–Crippen MR) is 98.1 cm³/mol. The molecular formula is C18H29N5O3. The first-order chi connectivity index (χ1) is 12.5. The molecule has 1 aromatic rings. The molecular weight excluding hydrogens is 334 g/mol. The van der Waals surface area contributed by atoms with Gasteiger partial charge in [0.25, 0.3) is 0 Å². The molecule has 0 aromatic carbocycles. The minimum Gasteiger partial charge on any atom is -0.375 e. The monoisotopic (exact) mass is 363 g/mol. The third-order valence-corrected chi connectivity index (χ3v) is 5.19. The summed E-state index contributed by atoms with van der Waals surface area (Å²) in [6, 6.07) is 2.09. The van der Waals surface area contributed by atoms with E-state index in [1.54, 1.807) is 9.80 Å². The van der Waals surface area contributed by atoms with E-state index in [4.69, 9.17) is 4.74 Å². The zero-order chi connectivity index (χ0) is 18.7. The molecule has 1 aromatic heterocycles. The maximum Gasteiger partial charge on any atom is 0.323 e. The van der Waals surface area contributed by atoms with Gasteiger partial charge < -0.3 is 14.5 Å². The molecule has 8 heteroatoms. The van der Waals surface area contributed by atoms with Crippen LogP contribution in [-0.2, 0) is 9.53 Å². The largest absolute Gasteiger partial charge is 0.375 e. The molecule has 144 valence electrons. The number of urea groups is 1. The van der Waals surface area contributed by atoms with Crippen LogP contribution in [0, 0.1) is 12.8 Å². The summed E-state index contributed by atoms with van der Waals surface area (Å²) in [6.07, 6.45) is 3.22. The van der Waals surface area contributed by atoms with Crippen molar-refractivity contribution >= 4 is 17.8 Å². The number of aromatic nitrogens is 2. The van der Waals surface area contributed by atoms with E-state index in [1.165, 1.54) is 20.0 Å². The van der Waals surface area contributed by atoms with Crippen LogP contribution in [0.2, 0.25) is 0 Å². The van der Waals surface area contributed by atoms with Crippen molar-refractivity contribution in [3.05, 3.63) is 11.8 Å². The van der Waals surface area contributed by atoms with Crippen LogP contribution in [-0.4, -0.2) is 71.4 Å². The molecule has 2 aliphatic rings. The Balaban J connectivity index is 1.61. The van der Waals surface area contributed by atoms with Gasteiger partial charge in [-0.2, -0.15) is 5.10 Å². The van der Waals surface area contributed by atoms with Crippen LogP contribution >= 0.6 is 0 Å². The van der Waals surface area contributed by atoms with Crippen molar-refractivity contribution in [2.75, 3.05) is 45.2 Å². The van der Waals surface area contributed by atoms with Gasteiger partial charge in [0.15, 0.2) is 0 Å². The molecule has 1 atom stereocenters. The van der Waals surface area contributed by atoms with Gasteiger partial charge in [0.1, 0.15) is 12.4 Å². The lowest BCUT2D eigenvalue weighted by molar-refractivity contribution is -0.134. The Kier molecular flexibility index (Phi) is 5.80. The second-order valence-electron chi connectivity index (χ2n) is 7.28. The molecule has 0 bridgehead atoms. The summed E-state index contributed by atoms with van der Waals surface area (Å²) < 4.78 is 6.86. The minimum absolute atomic E-state index is 0.0262. The smallest absolute Gasteiger partial charge is 0.323 e.